The molecule has 2 nitrogen and oxygen atoms in total. The SMILES string of the molecule is FC(F)(F)c1cc(Br)cc(Oc2ccccn2)c1. The van der Waals surface area contributed by atoms with Crippen molar-refractivity contribution in [2.45, 2.75) is 6.18 Å². The number of hydrogen-bond acceptors (Lipinski definition) is 2. The predicted molar refractivity (Wildman–Crippen MR) is 63.5 cm³/mol. The number of rotatable bonds is 2. The lowest BCUT2D eigenvalue weighted by molar-refractivity contribution is -0.137. The first-order valence-electron chi connectivity index (χ1n) is 4.92. The fraction of sp³-hybridized carbons (Fsp3) is 0.0833. The molecule has 0 aliphatic heterocycles. The lowest BCUT2D eigenvalue weighted by atomic mass is 10.2. The van der Waals surface area contributed by atoms with E-state index in [-0.39, 0.29) is 11.6 Å². The van der Waals surface area contributed by atoms with Crippen molar-refractivity contribution in [1.29, 1.82) is 0 Å². The minimum atomic E-state index is -4.41. The number of alkyl halides is 3. The zero-order valence-corrected chi connectivity index (χ0v) is 10.5. The monoisotopic (exact) mass is 317 g/mol. The van der Waals surface area contributed by atoms with Crippen LogP contribution in [0, 0.1) is 0 Å². The first-order chi connectivity index (χ1) is 8.45. The third kappa shape index (κ3) is 3.22. The van der Waals surface area contributed by atoms with Gasteiger partial charge in [0, 0.05) is 16.7 Å². The summed E-state index contributed by atoms with van der Waals surface area (Å²) >= 11 is 3.02. The predicted octanol–water partition coefficient (Wildman–Crippen LogP) is 4.66. The average molecular weight is 318 g/mol. The largest absolute Gasteiger partial charge is 0.439 e. The van der Waals surface area contributed by atoms with Crippen LogP contribution in [-0.4, -0.2) is 4.98 Å². The molecule has 0 aliphatic carbocycles. The van der Waals surface area contributed by atoms with Crippen molar-refractivity contribution in [3.05, 3.63) is 52.6 Å². The maximum Gasteiger partial charge on any atom is 0.416 e. The van der Waals surface area contributed by atoms with Crippen molar-refractivity contribution in [3.63, 3.8) is 0 Å². The molecule has 1 heterocycles. The standard InChI is InChI=1S/C12H7BrF3NO/c13-9-5-8(12(14,15)16)6-10(7-9)18-11-3-1-2-4-17-11/h1-7H. The van der Waals surface area contributed by atoms with Gasteiger partial charge in [-0.3, -0.25) is 0 Å². The van der Waals surface area contributed by atoms with Crippen molar-refractivity contribution in [1.82, 2.24) is 4.98 Å². The van der Waals surface area contributed by atoms with Gasteiger partial charge in [-0.2, -0.15) is 13.2 Å². The third-order valence-corrected chi connectivity index (χ3v) is 2.52. The first kappa shape index (κ1) is 12.9. The molecule has 0 spiro atoms. The van der Waals surface area contributed by atoms with Crippen LogP contribution in [0.4, 0.5) is 13.2 Å². The molecule has 0 bridgehead atoms. The van der Waals surface area contributed by atoms with Crippen molar-refractivity contribution < 1.29 is 17.9 Å². The Bertz CT molecular complexity index is 543. The Morgan fingerprint density at radius 1 is 1.11 bits per heavy atom. The number of ether oxygens (including phenoxy) is 1. The quantitative estimate of drug-likeness (QED) is 0.804. The van der Waals surface area contributed by atoms with Gasteiger partial charge in [-0.05, 0) is 24.3 Å². The van der Waals surface area contributed by atoms with E-state index in [0.29, 0.717) is 4.47 Å². The van der Waals surface area contributed by atoms with Gasteiger partial charge in [0.15, 0.2) is 0 Å². The highest BCUT2D eigenvalue weighted by Gasteiger charge is 2.31. The second kappa shape index (κ2) is 4.97. The van der Waals surface area contributed by atoms with Gasteiger partial charge in [0.05, 0.1) is 5.56 Å². The molecule has 0 fully saturated rings. The number of pyridine rings is 1. The number of nitrogens with zero attached hydrogens (tertiary/aromatic N) is 1. The molecular formula is C12H7BrF3NO. The molecule has 0 aliphatic rings. The summed E-state index contributed by atoms with van der Waals surface area (Å²) in [6, 6.07) is 8.31. The van der Waals surface area contributed by atoms with Crippen LogP contribution in [-0.2, 0) is 6.18 Å². The molecule has 0 N–H and O–H groups in total. The van der Waals surface area contributed by atoms with E-state index in [1.807, 2.05) is 0 Å². The normalized spacial score (nSPS) is 11.3. The molecule has 94 valence electrons. The Labute approximate surface area is 110 Å². The van der Waals surface area contributed by atoms with Crippen LogP contribution in [0.25, 0.3) is 0 Å². The van der Waals surface area contributed by atoms with E-state index in [9.17, 15) is 13.2 Å². The van der Waals surface area contributed by atoms with Crippen molar-refractivity contribution in [3.8, 4) is 11.6 Å². The summed E-state index contributed by atoms with van der Waals surface area (Å²) in [5, 5.41) is 0. The second-order valence-corrected chi connectivity index (χ2v) is 4.36. The molecule has 1 aromatic carbocycles. The zero-order valence-electron chi connectivity index (χ0n) is 8.91. The summed E-state index contributed by atoms with van der Waals surface area (Å²) in [5.41, 5.74) is -0.775. The summed E-state index contributed by atoms with van der Waals surface area (Å²) in [6.45, 7) is 0. The highest BCUT2D eigenvalue weighted by atomic mass is 79.9. The number of halogens is 4. The molecular weight excluding hydrogens is 311 g/mol. The van der Waals surface area contributed by atoms with Crippen molar-refractivity contribution >= 4 is 15.9 Å². The number of aromatic nitrogens is 1. The highest BCUT2D eigenvalue weighted by Crippen LogP contribution is 2.35. The average Bonchev–Trinajstić information content (AvgIpc) is 2.28. The lowest BCUT2D eigenvalue weighted by Crippen LogP contribution is -2.05. The molecule has 0 saturated carbocycles. The lowest BCUT2D eigenvalue weighted by Gasteiger charge is -2.10. The summed E-state index contributed by atoms with van der Waals surface area (Å²) in [4.78, 5) is 3.88. The minimum Gasteiger partial charge on any atom is -0.439 e. The van der Waals surface area contributed by atoms with Crippen LogP contribution in [0.15, 0.2) is 47.1 Å². The molecule has 18 heavy (non-hydrogen) atoms. The van der Waals surface area contributed by atoms with Gasteiger partial charge < -0.3 is 4.74 Å². The van der Waals surface area contributed by atoms with Crippen LogP contribution in [0.1, 0.15) is 5.56 Å². The van der Waals surface area contributed by atoms with Gasteiger partial charge in [0.25, 0.3) is 0 Å². The summed E-state index contributed by atoms with van der Waals surface area (Å²) in [6.07, 6.45) is -2.91. The van der Waals surface area contributed by atoms with Crippen molar-refractivity contribution in [2.75, 3.05) is 0 Å². The van der Waals surface area contributed by atoms with Gasteiger partial charge >= 0.3 is 6.18 Å². The Morgan fingerprint density at radius 3 is 2.50 bits per heavy atom. The molecule has 6 heteroatoms. The van der Waals surface area contributed by atoms with E-state index in [1.165, 1.54) is 12.3 Å². The van der Waals surface area contributed by atoms with Gasteiger partial charge in [-0.1, -0.05) is 22.0 Å². The van der Waals surface area contributed by atoms with Crippen LogP contribution >= 0.6 is 15.9 Å². The summed E-state index contributed by atoms with van der Waals surface area (Å²) in [7, 11) is 0. The third-order valence-electron chi connectivity index (χ3n) is 2.06. The highest BCUT2D eigenvalue weighted by molar-refractivity contribution is 9.10. The fourth-order valence-corrected chi connectivity index (χ4v) is 1.79. The van der Waals surface area contributed by atoms with Crippen LogP contribution in [0.5, 0.6) is 11.6 Å². The van der Waals surface area contributed by atoms with E-state index in [1.54, 1.807) is 18.2 Å². The van der Waals surface area contributed by atoms with Gasteiger partial charge in [-0.15, -0.1) is 0 Å². The molecule has 0 unspecified atom stereocenters. The molecule has 1 aromatic heterocycles. The van der Waals surface area contributed by atoms with Crippen LogP contribution in [0.2, 0.25) is 0 Å². The Hall–Kier alpha value is -1.56. The minimum absolute atomic E-state index is 0.0791. The molecule has 2 rings (SSSR count). The van der Waals surface area contributed by atoms with E-state index in [0.717, 1.165) is 12.1 Å². The smallest absolute Gasteiger partial charge is 0.416 e. The Balaban J connectivity index is 2.32. The Kier molecular flexibility index (Phi) is 3.56. The number of benzene rings is 1. The van der Waals surface area contributed by atoms with Gasteiger partial charge in [-0.25, -0.2) is 4.98 Å². The van der Waals surface area contributed by atoms with E-state index in [2.05, 4.69) is 20.9 Å². The Morgan fingerprint density at radius 2 is 1.89 bits per heavy atom. The number of hydrogen-bond donors (Lipinski definition) is 0. The maximum absolute atomic E-state index is 12.6. The second-order valence-electron chi connectivity index (χ2n) is 3.44. The van der Waals surface area contributed by atoms with E-state index >= 15 is 0 Å². The van der Waals surface area contributed by atoms with E-state index in [4.69, 9.17) is 4.74 Å². The fourth-order valence-electron chi connectivity index (χ4n) is 1.31. The molecule has 0 radical (unpaired) electrons. The van der Waals surface area contributed by atoms with Crippen LogP contribution in [0.3, 0.4) is 0 Å². The molecule has 0 saturated heterocycles. The maximum atomic E-state index is 12.6. The molecule has 2 aromatic rings. The summed E-state index contributed by atoms with van der Waals surface area (Å²) in [5.74, 6) is 0.319. The molecule has 0 atom stereocenters. The van der Waals surface area contributed by atoms with Gasteiger partial charge in [0.1, 0.15) is 5.75 Å². The first-order valence-corrected chi connectivity index (χ1v) is 5.71. The zero-order chi connectivity index (χ0) is 13.2. The van der Waals surface area contributed by atoms with Crippen LogP contribution < -0.4 is 4.74 Å². The summed E-state index contributed by atoms with van der Waals surface area (Å²) < 4.78 is 43.3. The molecule has 0 amide bonds. The topological polar surface area (TPSA) is 22.1 Å². The van der Waals surface area contributed by atoms with E-state index < -0.39 is 11.7 Å². The van der Waals surface area contributed by atoms with Gasteiger partial charge in [0.2, 0.25) is 5.88 Å². The van der Waals surface area contributed by atoms with Crippen molar-refractivity contribution in [2.24, 2.45) is 0 Å².